The fourth-order valence-corrected chi connectivity index (χ4v) is 0.611. The molecule has 0 aliphatic heterocycles. The second kappa shape index (κ2) is 5.35. The number of nitrogens with one attached hydrogen (secondary N) is 1. The Bertz CT molecular complexity index is 177. The minimum atomic E-state index is -0.745. The van der Waals surface area contributed by atoms with Crippen molar-refractivity contribution in [2.45, 2.75) is 26.0 Å². The summed E-state index contributed by atoms with van der Waals surface area (Å²) in [6, 6.07) is -0.745. The first-order chi connectivity index (χ1) is 5.61. The van der Waals surface area contributed by atoms with Gasteiger partial charge in [-0.1, -0.05) is 6.08 Å². The highest BCUT2D eigenvalue weighted by Crippen LogP contribution is 1.94. The van der Waals surface area contributed by atoms with Crippen molar-refractivity contribution in [2.24, 2.45) is 0 Å². The highest BCUT2D eigenvalue weighted by Gasteiger charge is 2.15. The smallest absolute Gasteiger partial charge is 0.332 e. The fourth-order valence-electron chi connectivity index (χ4n) is 0.611. The van der Waals surface area contributed by atoms with E-state index in [4.69, 9.17) is 4.74 Å². The van der Waals surface area contributed by atoms with Crippen LogP contribution >= 0.6 is 0 Å². The van der Waals surface area contributed by atoms with Crippen LogP contribution in [0.3, 0.4) is 0 Å². The van der Waals surface area contributed by atoms with Gasteiger partial charge in [-0.05, 0) is 13.8 Å². The Morgan fingerprint density at radius 1 is 1.58 bits per heavy atom. The number of esters is 1. The van der Waals surface area contributed by atoms with Gasteiger partial charge in [0.1, 0.15) is 6.04 Å². The van der Waals surface area contributed by atoms with Crippen molar-refractivity contribution in [3.63, 3.8) is 0 Å². The number of rotatable bonds is 5. The molecule has 0 unspecified atom stereocenters. The van der Waals surface area contributed by atoms with Gasteiger partial charge in [-0.15, -0.1) is 6.58 Å². The van der Waals surface area contributed by atoms with Crippen LogP contribution in [0.15, 0.2) is 12.7 Å². The van der Waals surface area contributed by atoms with E-state index in [0.29, 0.717) is 6.41 Å². The Kier molecular flexibility index (Phi) is 4.76. The molecule has 1 atom stereocenters. The first-order valence-electron chi connectivity index (χ1n) is 3.64. The number of hydrogen-bond donors (Lipinski definition) is 1. The first-order valence-corrected chi connectivity index (χ1v) is 3.64. The topological polar surface area (TPSA) is 55.4 Å². The van der Waals surface area contributed by atoms with E-state index in [1.165, 1.54) is 6.08 Å². The van der Waals surface area contributed by atoms with Crippen LogP contribution in [0.2, 0.25) is 0 Å². The predicted octanol–water partition coefficient (Wildman–Crippen LogP) is 0.239. The van der Waals surface area contributed by atoms with E-state index in [-0.39, 0.29) is 6.10 Å². The van der Waals surface area contributed by atoms with Gasteiger partial charge in [-0.25, -0.2) is 4.79 Å². The average molecular weight is 171 g/mol. The number of carbonyl (C=O) groups excluding carboxylic acids is 2. The van der Waals surface area contributed by atoms with Crippen LogP contribution in [0.1, 0.15) is 13.8 Å². The molecule has 0 radical (unpaired) electrons. The molecule has 0 saturated carbocycles. The third-order valence-corrected chi connectivity index (χ3v) is 1.09. The van der Waals surface area contributed by atoms with Crippen molar-refractivity contribution in [3.05, 3.63) is 12.7 Å². The number of ether oxygens (including phenoxy) is 1. The molecule has 0 bridgehead atoms. The van der Waals surface area contributed by atoms with Crippen molar-refractivity contribution in [1.29, 1.82) is 0 Å². The van der Waals surface area contributed by atoms with Crippen LogP contribution < -0.4 is 5.32 Å². The molecule has 0 aromatic carbocycles. The first kappa shape index (κ1) is 10.7. The molecular weight excluding hydrogens is 158 g/mol. The molecule has 0 aromatic rings. The van der Waals surface area contributed by atoms with Crippen molar-refractivity contribution in [3.8, 4) is 0 Å². The zero-order valence-electron chi connectivity index (χ0n) is 7.24. The van der Waals surface area contributed by atoms with Crippen LogP contribution in [0.5, 0.6) is 0 Å². The summed E-state index contributed by atoms with van der Waals surface area (Å²) in [6.45, 7) is 6.86. The summed E-state index contributed by atoms with van der Waals surface area (Å²) >= 11 is 0. The molecule has 0 fully saturated rings. The summed E-state index contributed by atoms with van der Waals surface area (Å²) in [6.07, 6.45) is 1.57. The molecule has 0 heterocycles. The third kappa shape index (κ3) is 3.75. The summed E-state index contributed by atoms with van der Waals surface area (Å²) in [5.74, 6) is -0.493. The minimum Gasteiger partial charge on any atom is -0.461 e. The Balaban J connectivity index is 4.02. The quantitative estimate of drug-likeness (QED) is 0.366. The van der Waals surface area contributed by atoms with E-state index in [1.807, 2.05) is 0 Å². The van der Waals surface area contributed by atoms with E-state index < -0.39 is 12.0 Å². The monoisotopic (exact) mass is 171 g/mol. The summed E-state index contributed by atoms with van der Waals surface area (Å²) in [4.78, 5) is 21.1. The van der Waals surface area contributed by atoms with Crippen molar-refractivity contribution in [2.75, 3.05) is 0 Å². The molecule has 4 nitrogen and oxygen atoms in total. The maximum absolute atomic E-state index is 11.1. The molecule has 0 aliphatic rings. The summed E-state index contributed by atoms with van der Waals surface area (Å²) < 4.78 is 4.82. The van der Waals surface area contributed by atoms with E-state index in [1.54, 1.807) is 13.8 Å². The van der Waals surface area contributed by atoms with Gasteiger partial charge >= 0.3 is 5.97 Å². The van der Waals surface area contributed by atoms with Gasteiger partial charge in [0.15, 0.2) is 0 Å². The van der Waals surface area contributed by atoms with E-state index in [0.717, 1.165) is 0 Å². The van der Waals surface area contributed by atoms with Crippen LogP contribution in [0.4, 0.5) is 0 Å². The van der Waals surface area contributed by atoms with Crippen LogP contribution in [-0.4, -0.2) is 24.5 Å². The predicted molar refractivity (Wildman–Crippen MR) is 44.4 cm³/mol. The molecule has 0 spiro atoms. The standard InChI is InChI=1S/C8H13NO3/c1-4-7(9-5-10)8(11)12-6(2)3/h4-7H,1H2,2-3H3,(H,9,10)/t7-/m0/s1. The van der Waals surface area contributed by atoms with Gasteiger partial charge in [-0.2, -0.15) is 0 Å². The maximum atomic E-state index is 11.1. The zero-order valence-corrected chi connectivity index (χ0v) is 7.24. The second-order valence-electron chi connectivity index (χ2n) is 2.48. The third-order valence-electron chi connectivity index (χ3n) is 1.09. The Morgan fingerprint density at radius 3 is 2.50 bits per heavy atom. The van der Waals surface area contributed by atoms with Crippen molar-refractivity contribution >= 4 is 12.4 Å². The van der Waals surface area contributed by atoms with Gasteiger partial charge < -0.3 is 10.1 Å². The summed E-state index contributed by atoms with van der Waals surface area (Å²) in [5.41, 5.74) is 0. The van der Waals surface area contributed by atoms with Crippen LogP contribution in [-0.2, 0) is 14.3 Å². The maximum Gasteiger partial charge on any atom is 0.332 e. The fraction of sp³-hybridized carbons (Fsp3) is 0.500. The molecule has 68 valence electrons. The lowest BCUT2D eigenvalue weighted by Gasteiger charge is -2.12. The molecule has 0 rings (SSSR count). The van der Waals surface area contributed by atoms with E-state index >= 15 is 0 Å². The lowest BCUT2D eigenvalue weighted by Crippen LogP contribution is -2.36. The Labute approximate surface area is 71.6 Å². The SMILES string of the molecule is C=C[C@H](NC=O)C(=O)OC(C)C. The normalized spacial score (nSPS) is 11.9. The zero-order chi connectivity index (χ0) is 9.56. The average Bonchev–Trinajstić information content (AvgIpc) is 1.98. The summed E-state index contributed by atoms with van der Waals surface area (Å²) in [5, 5.41) is 2.26. The van der Waals surface area contributed by atoms with Gasteiger partial charge in [0.2, 0.25) is 6.41 Å². The molecule has 1 amide bonds. The largest absolute Gasteiger partial charge is 0.461 e. The minimum absolute atomic E-state index is 0.187. The molecule has 12 heavy (non-hydrogen) atoms. The van der Waals surface area contributed by atoms with Gasteiger partial charge in [0.25, 0.3) is 0 Å². The van der Waals surface area contributed by atoms with Gasteiger partial charge in [0, 0.05) is 0 Å². The molecule has 1 N–H and O–H groups in total. The molecule has 0 saturated heterocycles. The lowest BCUT2D eigenvalue weighted by molar-refractivity contribution is -0.149. The van der Waals surface area contributed by atoms with Crippen molar-refractivity contribution < 1.29 is 14.3 Å². The van der Waals surface area contributed by atoms with E-state index in [9.17, 15) is 9.59 Å². The number of amides is 1. The van der Waals surface area contributed by atoms with Crippen LogP contribution in [0.25, 0.3) is 0 Å². The highest BCUT2D eigenvalue weighted by atomic mass is 16.5. The highest BCUT2D eigenvalue weighted by molar-refractivity contribution is 5.80. The Morgan fingerprint density at radius 2 is 2.17 bits per heavy atom. The van der Waals surface area contributed by atoms with Crippen molar-refractivity contribution in [1.82, 2.24) is 5.32 Å². The molecular formula is C8H13NO3. The molecule has 0 aliphatic carbocycles. The van der Waals surface area contributed by atoms with Crippen LogP contribution in [0, 0.1) is 0 Å². The van der Waals surface area contributed by atoms with E-state index in [2.05, 4.69) is 11.9 Å². The molecule has 0 aromatic heterocycles. The molecule has 4 heteroatoms. The Hall–Kier alpha value is -1.32. The second-order valence-corrected chi connectivity index (χ2v) is 2.48. The van der Waals surface area contributed by atoms with Gasteiger partial charge in [-0.3, -0.25) is 4.79 Å². The number of hydrogen-bond acceptors (Lipinski definition) is 3. The lowest BCUT2D eigenvalue weighted by atomic mass is 10.3. The summed E-state index contributed by atoms with van der Waals surface area (Å²) in [7, 11) is 0. The number of carbonyl (C=O) groups is 2. The van der Waals surface area contributed by atoms with Gasteiger partial charge in [0.05, 0.1) is 6.10 Å².